The molecule has 2 N–H and O–H groups in total. The van der Waals surface area contributed by atoms with Crippen LogP contribution in [-0.4, -0.2) is 22.6 Å². The van der Waals surface area contributed by atoms with Gasteiger partial charge < -0.3 is 15.2 Å². The first-order valence-corrected chi connectivity index (χ1v) is 15.7. The minimum absolute atomic E-state index is 0.0813. The van der Waals surface area contributed by atoms with Crippen LogP contribution in [0.3, 0.4) is 0 Å². The van der Waals surface area contributed by atoms with E-state index in [2.05, 4.69) is 31.4 Å². The van der Waals surface area contributed by atoms with Gasteiger partial charge in [-0.3, -0.25) is 9.59 Å². The fourth-order valence-corrected chi connectivity index (χ4v) is 7.14. The van der Waals surface area contributed by atoms with E-state index < -0.39 is 0 Å². The lowest BCUT2D eigenvalue weighted by atomic mass is 9.72. The number of nitrogens with zero attached hydrogens (tertiary/aromatic N) is 2. The van der Waals surface area contributed by atoms with E-state index in [4.69, 9.17) is 4.99 Å². The number of benzene rings is 3. The van der Waals surface area contributed by atoms with Gasteiger partial charge in [0.05, 0.1) is 5.56 Å². The second-order valence-electron chi connectivity index (χ2n) is 12.4. The first kappa shape index (κ1) is 29.5. The summed E-state index contributed by atoms with van der Waals surface area (Å²) >= 11 is 1.61. The molecule has 2 heterocycles. The second kappa shape index (κ2) is 12.2. The van der Waals surface area contributed by atoms with E-state index in [9.17, 15) is 14.0 Å². The number of nitrogens with one attached hydrogen (secondary N) is 2. The molecule has 0 aliphatic heterocycles. The molecule has 2 amide bonds. The number of amides is 2. The third-order valence-corrected chi connectivity index (χ3v) is 9.47. The van der Waals surface area contributed by atoms with E-state index in [0.29, 0.717) is 22.2 Å². The fourth-order valence-electron chi connectivity index (χ4n) is 5.88. The molecule has 5 aromatic rings. The van der Waals surface area contributed by atoms with E-state index >= 15 is 0 Å². The van der Waals surface area contributed by atoms with Gasteiger partial charge in [-0.25, -0.2) is 9.38 Å². The molecule has 1 atom stereocenters. The van der Waals surface area contributed by atoms with Crippen molar-refractivity contribution in [3.05, 3.63) is 112 Å². The number of hydrogen-bond acceptors (Lipinski definition) is 4. The highest BCUT2D eigenvalue weighted by Crippen LogP contribution is 2.45. The molecule has 1 aliphatic rings. The molecule has 0 fully saturated rings. The molecule has 0 saturated carbocycles. The van der Waals surface area contributed by atoms with Gasteiger partial charge in [-0.2, -0.15) is 0 Å². The van der Waals surface area contributed by atoms with E-state index in [1.54, 1.807) is 17.6 Å². The van der Waals surface area contributed by atoms with Crippen LogP contribution in [0.25, 0.3) is 10.9 Å². The normalized spacial score (nSPS) is 15.0. The Morgan fingerprint density at radius 3 is 2.43 bits per heavy atom. The summed E-state index contributed by atoms with van der Waals surface area (Å²) in [7, 11) is 0. The molecule has 2 aromatic heterocycles. The van der Waals surface area contributed by atoms with Crippen molar-refractivity contribution in [3.8, 4) is 0 Å². The van der Waals surface area contributed by atoms with Crippen LogP contribution in [0, 0.1) is 17.2 Å². The van der Waals surface area contributed by atoms with Crippen molar-refractivity contribution in [2.24, 2.45) is 16.3 Å². The predicted octanol–water partition coefficient (Wildman–Crippen LogP) is 8.63. The fraction of sp³-hybridized carbons (Fsp3) is 0.250. The van der Waals surface area contributed by atoms with Crippen molar-refractivity contribution >= 4 is 56.6 Å². The highest BCUT2D eigenvalue weighted by molar-refractivity contribution is 7.16. The molecule has 8 heteroatoms. The van der Waals surface area contributed by atoms with E-state index in [1.807, 2.05) is 65.4 Å². The molecule has 6 nitrogen and oxygen atoms in total. The number of anilines is 2. The van der Waals surface area contributed by atoms with Crippen molar-refractivity contribution < 1.29 is 14.0 Å². The van der Waals surface area contributed by atoms with Crippen molar-refractivity contribution in [1.29, 1.82) is 0 Å². The van der Waals surface area contributed by atoms with Gasteiger partial charge in [-0.15, -0.1) is 11.3 Å². The Kier molecular flexibility index (Phi) is 8.19. The molecule has 44 heavy (non-hydrogen) atoms. The summed E-state index contributed by atoms with van der Waals surface area (Å²) in [5, 5.41) is 7.56. The van der Waals surface area contributed by atoms with Crippen molar-refractivity contribution in [2.45, 2.75) is 46.6 Å². The molecular formula is C36H35FN4O2S. The maximum atomic E-state index is 13.7. The van der Waals surface area contributed by atoms with Crippen LogP contribution >= 0.6 is 11.3 Å². The van der Waals surface area contributed by atoms with Crippen LogP contribution < -0.4 is 10.6 Å². The summed E-state index contributed by atoms with van der Waals surface area (Å²) in [5.74, 6) is -0.186. The molecule has 0 spiro atoms. The van der Waals surface area contributed by atoms with Gasteiger partial charge in [0.15, 0.2) is 0 Å². The molecule has 1 aliphatic carbocycles. The molecule has 224 valence electrons. The largest absolute Gasteiger partial charge is 0.337 e. The molecule has 3 aromatic carbocycles. The number of fused-ring (bicyclic) bond motifs is 2. The highest BCUT2D eigenvalue weighted by atomic mass is 32.1. The molecule has 0 bridgehead atoms. The van der Waals surface area contributed by atoms with E-state index in [-0.39, 0.29) is 29.6 Å². The van der Waals surface area contributed by atoms with Gasteiger partial charge in [0, 0.05) is 45.1 Å². The zero-order valence-electron chi connectivity index (χ0n) is 25.1. The number of rotatable bonds is 7. The molecule has 6 rings (SSSR count). The van der Waals surface area contributed by atoms with Crippen LogP contribution in [0.2, 0.25) is 0 Å². The summed E-state index contributed by atoms with van der Waals surface area (Å²) < 4.78 is 15.2. The minimum atomic E-state index is -0.357. The quantitative estimate of drug-likeness (QED) is 0.182. The van der Waals surface area contributed by atoms with Gasteiger partial charge in [0.2, 0.25) is 5.91 Å². The minimum Gasteiger partial charge on any atom is -0.337 e. The Morgan fingerprint density at radius 2 is 1.68 bits per heavy atom. The standard InChI is InChI=1S/C36H35FN4O2S/c1-36(2,3)24-13-18-29-31(19-24)44-35(33(29)34(43)40-26-9-5-4-6-10-26)38-20-23-21-41(30-12-8-7-11-28(23)30)22-32(42)39-27-16-14-25(37)15-17-27/h4-12,14-17,20-21,24H,13,18-19,22H2,1-3H3,(H,39,42)(H,40,43)/t24-/m1/s1. The van der Waals surface area contributed by atoms with Gasteiger partial charge in [-0.05, 0) is 78.6 Å². The number of para-hydroxylation sites is 2. The first-order chi connectivity index (χ1) is 21.2. The smallest absolute Gasteiger partial charge is 0.259 e. The summed E-state index contributed by atoms with van der Waals surface area (Å²) in [6, 6.07) is 23.1. The highest BCUT2D eigenvalue weighted by Gasteiger charge is 2.33. The average molecular weight is 607 g/mol. The van der Waals surface area contributed by atoms with Crippen molar-refractivity contribution in [1.82, 2.24) is 4.57 Å². The lowest BCUT2D eigenvalue weighted by Gasteiger charge is -2.33. The third kappa shape index (κ3) is 6.36. The van der Waals surface area contributed by atoms with Gasteiger partial charge in [0.25, 0.3) is 5.91 Å². The number of carbonyl (C=O) groups excluding carboxylic acids is 2. The Labute approximate surface area is 260 Å². The maximum absolute atomic E-state index is 13.7. The Balaban J connectivity index is 1.32. The van der Waals surface area contributed by atoms with E-state index in [0.717, 1.165) is 47.0 Å². The first-order valence-electron chi connectivity index (χ1n) is 14.8. The van der Waals surface area contributed by atoms with Crippen LogP contribution in [0.5, 0.6) is 0 Å². The maximum Gasteiger partial charge on any atom is 0.259 e. The van der Waals surface area contributed by atoms with E-state index in [1.165, 1.54) is 29.1 Å². The molecule has 0 saturated heterocycles. The lowest BCUT2D eigenvalue weighted by Crippen LogP contribution is -2.27. The SMILES string of the molecule is CC(C)(C)[C@@H]1CCc2c(sc(N=Cc3cn(CC(=O)Nc4ccc(F)cc4)c4ccccc34)c2C(=O)Nc2ccccc2)C1. The molecule has 0 unspecified atom stereocenters. The third-order valence-electron chi connectivity index (χ3n) is 8.31. The average Bonchev–Trinajstić information content (AvgIpc) is 3.54. The zero-order chi connectivity index (χ0) is 30.8. The number of thiophene rings is 1. The topological polar surface area (TPSA) is 75.5 Å². The van der Waals surface area contributed by atoms with Gasteiger partial charge >= 0.3 is 0 Å². The number of hydrogen-bond donors (Lipinski definition) is 2. The summed E-state index contributed by atoms with van der Waals surface area (Å²) in [6.45, 7) is 6.94. The Morgan fingerprint density at radius 1 is 0.977 bits per heavy atom. The number of aromatic nitrogens is 1. The van der Waals surface area contributed by atoms with Gasteiger partial charge in [-0.1, -0.05) is 57.2 Å². The van der Waals surface area contributed by atoms with Crippen LogP contribution in [0.4, 0.5) is 20.8 Å². The van der Waals surface area contributed by atoms with Crippen LogP contribution in [0.1, 0.15) is 53.6 Å². The summed E-state index contributed by atoms with van der Waals surface area (Å²) in [5.41, 5.74) is 4.97. The Bertz CT molecular complexity index is 1850. The number of halogens is 1. The monoisotopic (exact) mass is 606 g/mol. The lowest BCUT2D eigenvalue weighted by molar-refractivity contribution is -0.116. The van der Waals surface area contributed by atoms with Gasteiger partial charge in [0.1, 0.15) is 17.4 Å². The van der Waals surface area contributed by atoms with Crippen molar-refractivity contribution in [2.75, 3.05) is 10.6 Å². The van der Waals surface area contributed by atoms with Crippen LogP contribution in [-0.2, 0) is 24.2 Å². The van der Waals surface area contributed by atoms with Crippen LogP contribution in [0.15, 0.2) is 90.1 Å². The zero-order valence-corrected chi connectivity index (χ0v) is 25.9. The number of carbonyl (C=O) groups is 2. The second-order valence-corrected chi connectivity index (χ2v) is 13.4. The summed E-state index contributed by atoms with van der Waals surface area (Å²) in [4.78, 5) is 32.8. The summed E-state index contributed by atoms with van der Waals surface area (Å²) in [6.07, 6.45) is 6.53. The molecule has 0 radical (unpaired) electrons. The Hall–Kier alpha value is -4.56. The van der Waals surface area contributed by atoms with Crippen molar-refractivity contribution in [3.63, 3.8) is 0 Å². The number of aliphatic imine (C=N–C) groups is 1. The molecular weight excluding hydrogens is 571 g/mol. The predicted molar refractivity (Wildman–Crippen MR) is 178 cm³/mol.